The third-order valence-electron chi connectivity index (χ3n) is 4.78. The minimum Gasteiger partial charge on any atom is -0.336 e. The lowest BCUT2D eigenvalue weighted by atomic mass is 10.1. The van der Waals surface area contributed by atoms with Gasteiger partial charge in [0.1, 0.15) is 10.8 Å². The zero-order valence-corrected chi connectivity index (χ0v) is 17.5. The van der Waals surface area contributed by atoms with E-state index in [9.17, 15) is 9.18 Å². The van der Waals surface area contributed by atoms with Crippen LogP contribution < -0.4 is 0 Å². The Balaban J connectivity index is 1.35. The van der Waals surface area contributed by atoms with Crippen molar-refractivity contribution in [3.63, 3.8) is 0 Å². The maximum absolute atomic E-state index is 14.0. The van der Waals surface area contributed by atoms with Gasteiger partial charge >= 0.3 is 0 Å². The predicted molar refractivity (Wildman–Crippen MR) is 113 cm³/mol. The molecule has 1 amide bonds. The zero-order valence-electron chi connectivity index (χ0n) is 15.1. The van der Waals surface area contributed by atoms with Gasteiger partial charge in [0.25, 0.3) is 5.91 Å². The van der Waals surface area contributed by atoms with Gasteiger partial charge in [0.15, 0.2) is 0 Å². The number of piperazine rings is 1. The largest absolute Gasteiger partial charge is 0.336 e. The molecule has 0 N–H and O–H groups in total. The summed E-state index contributed by atoms with van der Waals surface area (Å²) in [5, 5.41) is 3.12. The first kappa shape index (κ1) is 19.2. The molecule has 0 radical (unpaired) electrons. The highest BCUT2D eigenvalue weighted by Crippen LogP contribution is 2.24. The number of aromatic nitrogens is 1. The van der Waals surface area contributed by atoms with Gasteiger partial charge in [0.05, 0.1) is 11.3 Å². The van der Waals surface area contributed by atoms with Crippen molar-refractivity contribution < 1.29 is 9.18 Å². The van der Waals surface area contributed by atoms with E-state index < -0.39 is 5.82 Å². The van der Waals surface area contributed by atoms with Crippen molar-refractivity contribution in [1.82, 2.24) is 14.8 Å². The lowest BCUT2D eigenvalue weighted by molar-refractivity contribution is 0.0622. The minimum atomic E-state index is -0.480. The highest BCUT2D eigenvalue weighted by molar-refractivity contribution is 9.10. The molecule has 1 aromatic heterocycles. The number of hydrogen-bond acceptors (Lipinski definition) is 4. The van der Waals surface area contributed by atoms with Crippen LogP contribution in [0.2, 0.25) is 0 Å². The van der Waals surface area contributed by atoms with Crippen LogP contribution in [-0.2, 0) is 6.54 Å². The van der Waals surface area contributed by atoms with E-state index in [0.717, 1.165) is 35.9 Å². The Hall–Kier alpha value is -2.09. The minimum absolute atomic E-state index is 0.120. The number of thiazole rings is 1. The van der Waals surface area contributed by atoms with E-state index in [1.165, 1.54) is 6.07 Å². The Labute approximate surface area is 175 Å². The van der Waals surface area contributed by atoms with E-state index in [0.29, 0.717) is 17.6 Å². The molecule has 28 heavy (non-hydrogen) atoms. The molecule has 144 valence electrons. The molecule has 1 fully saturated rings. The van der Waals surface area contributed by atoms with Crippen molar-refractivity contribution in [2.24, 2.45) is 0 Å². The quantitative estimate of drug-likeness (QED) is 0.568. The normalized spacial score (nSPS) is 15.0. The Morgan fingerprint density at radius 2 is 1.86 bits per heavy atom. The van der Waals surface area contributed by atoms with Crippen molar-refractivity contribution in [3.8, 4) is 10.6 Å². The second kappa shape index (κ2) is 8.51. The smallest absolute Gasteiger partial charge is 0.256 e. The van der Waals surface area contributed by atoms with Gasteiger partial charge < -0.3 is 4.90 Å². The molecule has 0 unspecified atom stereocenters. The van der Waals surface area contributed by atoms with Gasteiger partial charge in [-0.2, -0.15) is 0 Å². The molecule has 4 nitrogen and oxygen atoms in total. The van der Waals surface area contributed by atoms with Crippen molar-refractivity contribution in [2.45, 2.75) is 6.54 Å². The highest BCUT2D eigenvalue weighted by atomic mass is 79.9. The fraction of sp³-hybridized carbons (Fsp3) is 0.238. The summed E-state index contributed by atoms with van der Waals surface area (Å²) in [4.78, 5) is 21.4. The summed E-state index contributed by atoms with van der Waals surface area (Å²) >= 11 is 4.95. The van der Waals surface area contributed by atoms with Crippen LogP contribution in [0.3, 0.4) is 0 Å². The lowest BCUT2D eigenvalue weighted by Crippen LogP contribution is -2.48. The van der Waals surface area contributed by atoms with Crippen molar-refractivity contribution >= 4 is 33.2 Å². The maximum atomic E-state index is 14.0. The number of carbonyl (C=O) groups excluding carboxylic acids is 1. The molecule has 1 aliphatic heterocycles. The van der Waals surface area contributed by atoms with Gasteiger partial charge in [-0.15, -0.1) is 11.3 Å². The van der Waals surface area contributed by atoms with E-state index in [2.05, 4.69) is 38.3 Å². The summed E-state index contributed by atoms with van der Waals surface area (Å²) in [6.45, 7) is 3.43. The first-order valence-corrected chi connectivity index (χ1v) is 10.7. The van der Waals surface area contributed by atoms with E-state index >= 15 is 0 Å². The first-order chi connectivity index (χ1) is 13.6. The predicted octanol–water partition coefficient (Wildman–Crippen LogP) is 4.67. The second-order valence-electron chi connectivity index (χ2n) is 6.70. The second-order valence-corrected chi connectivity index (χ2v) is 8.48. The van der Waals surface area contributed by atoms with Crippen LogP contribution in [0.1, 0.15) is 16.1 Å². The van der Waals surface area contributed by atoms with Gasteiger partial charge in [0, 0.05) is 48.1 Å². The fourth-order valence-electron chi connectivity index (χ4n) is 3.26. The summed E-state index contributed by atoms with van der Waals surface area (Å²) in [6.07, 6.45) is 0. The van der Waals surface area contributed by atoms with Gasteiger partial charge in [-0.3, -0.25) is 9.69 Å². The molecule has 2 heterocycles. The van der Waals surface area contributed by atoms with Crippen LogP contribution in [-0.4, -0.2) is 46.9 Å². The van der Waals surface area contributed by atoms with E-state index in [1.54, 1.807) is 28.4 Å². The molecular weight excluding hydrogens is 441 g/mol. The van der Waals surface area contributed by atoms with Gasteiger partial charge in [0.2, 0.25) is 0 Å². The van der Waals surface area contributed by atoms with Crippen LogP contribution in [0.4, 0.5) is 4.39 Å². The van der Waals surface area contributed by atoms with Gasteiger partial charge in [-0.25, -0.2) is 9.37 Å². The average molecular weight is 460 g/mol. The van der Waals surface area contributed by atoms with Crippen LogP contribution in [0.25, 0.3) is 10.6 Å². The number of amides is 1. The van der Waals surface area contributed by atoms with Crippen LogP contribution in [0, 0.1) is 5.82 Å². The molecule has 0 aliphatic carbocycles. The Bertz CT molecular complexity index is 971. The molecule has 0 bridgehead atoms. The number of carbonyl (C=O) groups is 1. The molecular formula is C21H19BrFN3OS. The number of nitrogens with zero attached hydrogens (tertiary/aromatic N) is 3. The van der Waals surface area contributed by atoms with Crippen LogP contribution >= 0.6 is 27.3 Å². The number of hydrogen-bond donors (Lipinski definition) is 0. The number of rotatable bonds is 4. The summed E-state index contributed by atoms with van der Waals surface area (Å²) in [7, 11) is 0. The summed E-state index contributed by atoms with van der Waals surface area (Å²) < 4.78 is 14.7. The first-order valence-electron chi connectivity index (χ1n) is 9.06. The van der Waals surface area contributed by atoms with Gasteiger partial charge in [-0.1, -0.05) is 46.3 Å². The monoisotopic (exact) mass is 459 g/mol. The molecule has 0 atom stereocenters. The SMILES string of the molecule is O=C(c1cc(Br)ccc1F)N1CCN(Cc2csc(-c3ccccc3)n2)CC1. The lowest BCUT2D eigenvalue weighted by Gasteiger charge is -2.34. The van der Waals surface area contributed by atoms with Crippen molar-refractivity contribution in [3.05, 3.63) is 75.5 Å². The third kappa shape index (κ3) is 4.32. The molecule has 2 aromatic carbocycles. The summed E-state index contributed by atoms with van der Waals surface area (Å²) in [6, 6.07) is 14.6. The summed E-state index contributed by atoms with van der Waals surface area (Å²) in [5.41, 5.74) is 2.29. The molecule has 0 saturated carbocycles. The third-order valence-corrected chi connectivity index (χ3v) is 6.21. The molecule has 1 saturated heterocycles. The van der Waals surface area contributed by atoms with Gasteiger partial charge in [-0.05, 0) is 18.2 Å². The summed E-state index contributed by atoms with van der Waals surface area (Å²) in [5.74, 6) is -0.731. The van der Waals surface area contributed by atoms with Crippen LogP contribution in [0.5, 0.6) is 0 Å². The molecule has 4 rings (SSSR count). The van der Waals surface area contributed by atoms with Crippen LogP contribution in [0.15, 0.2) is 58.4 Å². The van der Waals surface area contributed by atoms with Crippen molar-refractivity contribution in [2.75, 3.05) is 26.2 Å². The molecule has 3 aromatic rings. The van der Waals surface area contributed by atoms with E-state index in [-0.39, 0.29) is 11.5 Å². The molecule has 7 heteroatoms. The topological polar surface area (TPSA) is 36.4 Å². The highest BCUT2D eigenvalue weighted by Gasteiger charge is 2.24. The molecule has 0 spiro atoms. The molecule has 1 aliphatic rings. The average Bonchev–Trinajstić information content (AvgIpc) is 3.19. The Morgan fingerprint density at radius 3 is 2.61 bits per heavy atom. The Kier molecular flexibility index (Phi) is 5.85. The maximum Gasteiger partial charge on any atom is 0.256 e. The number of benzene rings is 2. The van der Waals surface area contributed by atoms with Crippen molar-refractivity contribution in [1.29, 1.82) is 0 Å². The van der Waals surface area contributed by atoms with E-state index in [1.807, 2.05) is 18.2 Å². The fourth-order valence-corrected chi connectivity index (χ4v) is 4.44. The Morgan fingerprint density at radius 1 is 1.11 bits per heavy atom. The standard InChI is InChI=1S/C21H19BrFN3OS/c22-16-6-7-19(23)18(12-16)21(27)26-10-8-25(9-11-26)13-17-14-28-20(24-17)15-4-2-1-3-5-15/h1-7,12,14H,8-11,13H2. The van der Waals surface area contributed by atoms with E-state index in [4.69, 9.17) is 4.98 Å². The number of halogens is 2. The zero-order chi connectivity index (χ0) is 19.5.